The Kier molecular flexibility index (Phi) is 8.33. The van der Waals surface area contributed by atoms with Gasteiger partial charge in [0.1, 0.15) is 11.5 Å². The van der Waals surface area contributed by atoms with E-state index in [4.69, 9.17) is 31.0 Å². The minimum atomic E-state index is -3.89. The smallest absolute Gasteiger partial charge is 0.309 e. The molecule has 0 unspecified atom stereocenters. The van der Waals surface area contributed by atoms with Crippen molar-refractivity contribution in [3.63, 3.8) is 0 Å². The first-order valence-corrected chi connectivity index (χ1v) is 16.7. The van der Waals surface area contributed by atoms with Crippen LogP contribution in [0.25, 0.3) is 0 Å². The lowest BCUT2D eigenvalue weighted by atomic mass is 9.69. The van der Waals surface area contributed by atoms with Crippen LogP contribution in [-0.2, 0) is 37.8 Å². The van der Waals surface area contributed by atoms with Crippen molar-refractivity contribution in [2.24, 2.45) is 17.0 Å². The zero-order valence-electron chi connectivity index (χ0n) is 24.3. The van der Waals surface area contributed by atoms with Gasteiger partial charge in [0.05, 0.1) is 37.3 Å². The fourth-order valence-corrected chi connectivity index (χ4v) is 7.57. The molecule has 6 rings (SSSR count). The summed E-state index contributed by atoms with van der Waals surface area (Å²) in [5, 5.41) is 6.28. The summed E-state index contributed by atoms with van der Waals surface area (Å²) in [6, 6.07) is 18.6. The van der Waals surface area contributed by atoms with Crippen molar-refractivity contribution in [1.82, 2.24) is 0 Å². The van der Waals surface area contributed by atoms with Crippen LogP contribution in [0.5, 0.6) is 11.5 Å². The van der Waals surface area contributed by atoms with Gasteiger partial charge in [0.25, 0.3) is 0 Å². The largest absolute Gasteiger partial charge is 0.493 e. The second-order valence-electron chi connectivity index (χ2n) is 12.1. The molecule has 1 saturated carbocycles. The van der Waals surface area contributed by atoms with Gasteiger partial charge in [0.15, 0.2) is 0 Å². The van der Waals surface area contributed by atoms with E-state index in [0.717, 1.165) is 60.7 Å². The number of esters is 1. The van der Waals surface area contributed by atoms with E-state index < -0.39 is 10.0 Å². The number of primary sulfonamides is 1. The van der Waals surface area contributed by atoms with Crippen molar-refractivity contribution in [2.45, 2.75) is 48.8 Å². The Balaban J connectivity index is 1.25. The lowest BCUT2D eigenvalue weighted by Gasteiger charge is -2.44. The maximum atomic E-state index is 12.3. The molecule has 3 aliphatic rings. The number of hydrogen-bond acceptors (Lipinski definition) is 7. The molecule has 3 aromatic rings. The number of hydrogen-bond donors (Lipinski definition) is 1. The van der Waals surface area contributed by atoms with Gasteiger partial charge in [-0.1, -0.05) is 29.8 Å². The fourth-order valence-electron chi connectivity index (χ4n) is 6.84. The molecule has 10 heteroatoms. The highest BCUT2D eigenvalue weighted by Gasteiger charge is 2.43. The van der Waals surface area contributed by atoms with Crippen LogP contribution in [0.3, 0.4) is 0 Å². The second kappa shape index (κ2) is 12.0. The molecule has 1 heterocycles. The van der Waals surface area contributed by atoms with Crippen LogP contribution in [0, 0.1) is 11.8 Å². The third-order valence-corrected chi connectivity index (χ3v) is 10.5. The number of methoxy groups -OCH3 is 1. The Morgan fingerprint density at radius 3 is 2.72 bits per heavy atom. The van der Waals surface area contributed by atoms with Gasteiger partial charge in [0, 0.05) is 23.5 Å². The molecule has 0 saturated heterocycles. The summed E-state index contributed by atoms with van der Waals surface area (Å²) >= 11 is 6.38. The topological polar surface area (TPSA) is 108 Å². The molecule has 1 aliphatic heterocycles. The number of anilines is 1. The number of carbonyl (C=O) groups is 1. The van der Waals surface area contributed by atoms with E-state index >= 15 is 0 Å². The van der Waals surface area contributed by atoms with E-state index in [9.17, 15) is 13.2 Å². The van der Waals surface area contributed by atoms with Crippen molar-refractivity contribution < 1.29 is 27.4 Å². The van der Waals surface area contributed by atoms with Crippen LogP contribution in [0.4, 0.5) is 5.69 Å². The number of carbonyl (C=O) groups excluding carboxylic acids is 1. The molecule has 2 aliphatic carbocycles. The Bertz CT molecular complexity index is 1630. The Morgan fingerprint density at radius 1 is 1.12 bits per heavy atom. The maximum Gasteiger partial charge on any atom is 0.309 e. The summed E-state index contributed by atoms with van der Waals surface area (Å²) in [6.45, 7) is 2.50. The zero-order chi connectivity index (χ0) is 30.2. The molecular weight excluding hydrogens is 588 g/mol. The first kappa shape index (κ1) is 29.8. The number of rotatable bonds is 8. The van der Waals surface area contributed by atoms with Gasteiger partial charge >= 0.3 is 5.97 Å². The highest BCUT2D eigenvalue weighted by Crippen LogP contribution is 2.46. The van der Waals surface area contributed by atoms with E-state index in [1.54, 1.807) is 12.1 Å². The molecule has 43 heavy (non-hydrogen) atoms. The predicted octanol–water partition coefficient (Wildman–Crippen LogP) is 5.28. The lowest BCUT2D eigenvalue weighted by Crippen LogP contribution is -2.49. The number of benzene rings is 3. The van der Waals surface area contributed by atoms with Gasteiger partial charge in [-0.25, -0.2) is 13.6 Å². The van der Waals surface area contributed by atoms with Crippen LogP contribution in [0.1, 0.15) is 42.4 Å². The number of sulfonamides is 1. The molecule has 0 bridgehead atoms. The first-order valence-electron chi connectivity index (χ1n) is 14.8. The molecule has 1 spiro atoms. The zero-order valence-corrected chi connectivity index (χ0v) is 25.8. The maximum absolute atomic E-state index is 12.3. The van der Waals surface area contributed by atoms with E-state index in [1.165, 1.54) is 24.3 Å². The number of fused-ring (bicyclic) bond motifs is 3. The minimum Gasteiger partial charge on any atom is -0.493 e. The molecule has 0 radical (unpaired) electrons. The predicted molar refractivity (Wildman–Crippen MR) is 165 cm³/mol. The number of nitrogens with zero attached hydrogens (tertiary/aromatic N) is 1. The quantitative estimate of drug-likeness (QED) is 0.340. The lowest BCUT2D eigenvalue weighted by molar-refractivity contribution is -0.139. The van der Waals surface area contributed by atoms with Crippen LogP contribution in [-0.4, -0.2) is 47.8 Å². The number of ether oxygens (including phenoxy) is 3. The van der Waals surface area contributed by atoms with Crippen LogP contribution in [0.2, 0.25) is 5.02 Å². The Hall–Kier alpha value is -3.27. The van der Waals surface area contributed by atoms with Gasteiger partial charge in [-0.05, 0) is 103 Å². The third kappa shape index (κ3) is 6.35. The van der Waals surface area contributed by atoms with Crippen LogP contribution < -0.4 is 19.5 Å². The van der Waals surface area contributed by atoms with Gasteiger partial charge < -0.3 is 19.1 Å². The van der Waals surface area contributed by atoms with Gasteiger partial charge in [0.2, 0.25) is 10.0 Å². The summed E-state index contributed by atoms with van der Waals surface area (Å²) in [5.74, 6) is 1.80. The van der Waals surface area contributed by atoms with E-state index in [0.29, 0.717) is 37.3 Å². The van der Waals surface area contributed by atoms with Crippen molar-refractivity contribution in [3.8, 4) is 11.5 Å². The number of halogens is 1. The van der Waals surface area contributed by atoms with Crippen molar-refractivity contribution in [1.29, 1.82) is 0 Å². The third-order valence-electron chi connectivity index (χ3n) is 9.31. The molecule has 3 atom stereocenters. The second-order valence-corrected chi connectivity index (χ2v) is 14.1. The molecule has 1 fully saturated rings. The number of aryl methyl sites for hydroxylation is 1. The SMILES string of the molecule is COC(=O)Cc1cccc(OC[C@@H]2CC[C@H]2CN2C[C@@]3(CCCc4cc(Cl)ccc43)COc3ccc(S(N)(=O)=O)cc32)c1. The molecule has 2 N–H and O–H groups in total. The van der Waals surface area contributed by atoms with Gasteiger partial charge in [-0.2, -0.15) is 0 Å². The summed E-state index contributed by atoms with van der Waals surface area (Å²) in [4.78, 5) is 14.1. The fraction of sp³-hybridized carbons (Fsp3) is 0.424. The molecule has 8 nitrogen and oxygen atoms in total. The summed E-state index contributed by atoms with van der Waals surface area (Å²) in [6.07, 6.45) is 5.27. The van der Waals surface area contributed by atoms with Crippen molar-refractivity contribution in [2.75, 3.05) is 38.3 Å². The molecule has 228 valence electrons. The summed E-state index contributed by atoms with van der Waals surface area (Å²) in [7, 11) is -2.50. The monoisotopic (exact) mass is 624 g/mol. The van der Waals surface area contributed by atoms with E-state index in [1.807, 2.05) is 30.3 Å². The molecular formula is C33H37ClN2O6S. The average molecular weight is 625 g/mol. The Labute approximate surface area is 258 Å². The molecule has 0 amide bonds. The van der Waals surface area contributed by atoms with E-state index in [-0.39, 0.29) is 22.7 Å². The Morgan fingerprint density at radius 2 is 1.95 bits per heavy atom. The van der Waals surface area contributed by atoms with Gasteiger partial charge in [-0.15, -0.1) is 0 Å². The minimum absolute atomic E-state index is 0.0759. The van der Waals surface area contributed by atoms with Gasteiger partial charge in [-0.3, -0.25) is 4.79 Å². The average Bonchev–Trinajstić information content (AvgIpc) is 3.12. The first-order chi connectivity index (χ1) is 20.6. The summed E-state index contributed by atoms with van der Waals surface area (Å²) < 4.78 is 42.1. The van der Waals surface area contributed by atoms with Crippen molar-refractivity contribution in [3.05, 3.63) is 82.4 Å². The summed E-state index contributed by atoms with van der Waals surface area (Å²) in [5.41, 5.74) is 3.86. The highest BCUT2D eigenvalue weighted by atomic mass is 35.5. The van der Waals surface area contributed by atoms with E-state index in [2.05, 4.69) is 17.0 Å². The number of nitrogens with two attached hydrogens (primary N) is 1. The molecule has 3 aromatic carbocycles. The normalized spacial score (nSPS) is 22.9. The van der Waals surface area contributed by atoms with Crippen molar-refractivity contribution >= 4 is 33.3 Å². The van der Waals surface area contributed by atoms with Crippen LogP contribution in [0.15, 0.2) is 65.6 Å². The molecule has 0 aromatic heterocycles. The van der Waals surface area contributed by atoms with Crippen LogP contribution >= 0.6 is 11.6 Å². The standard InChI is InChI=1S/C33H37ClN2O6S/c1-40-32(37)15-22-4-2-6-27(14-22)41-19-25-8-7-24(25)18-36-20-33(13-3-5-23-16-26(34)9-11-29(23)33)21-42-31-12-10-28(17-30(31)36)43(35,38)39/h2,4,6,9-12,14,16-17,24-25H,3,5,7-8,13,15,18-21H2,1H3,(H2,35,38,39)/t24-,25-,33-/m0/s1. The highest BCUT2D eigenvalue weighted by molar-refractivity contribution is 7.89.